The number of anilines is 1. The summed E-state index contributed by atoms with van der Waals surface area (Å²) >= 11 is 0. The van der Waals surface area contributed by atoms with E-state index in [1.54, 1.807) is 14.2 Å². The highest BCUT2D eigenvalue weighted by atomic mass is 127. The largest absolute Gasteiger partial charge is 0.493 e. The zero-order valence-electron chi connectivity index (χ0n) is 15.0. The van der Waals surface area contributed by atoms with Crippen LogP contribution in [0.15, 0.2) is 41.4 Å². The molecule has 1 aliphatic heterocycles. The third-order valence-corrected chi connectivity index (χ3v) is 4.09. The number of benzene rings is 2. The van der Waals surface area contributed by atoms with Gasteiger partial charge in [-0.1, -0.05) is 12.1 Å². The molecule has 3 rings (SSSR count). The van der Waals surface area contributed by atoms with E-state index in [-0.39, 0.29) is 24.0 Å². The number of ether oxygens (including phenoxy) is 3. The van der Waals surface area contributed by atoms with Crippen molar-refractivity contribution in [2.24, 2.45) is 10.7 Å². The highest BCUT2D eigenvalue weighted by molar-refractivity contribution is 14.0. The van der Waals surface area contributed by atoms with Crippen molar-refractivity contribution in [3.63, 3.8) is 0 Å². The van der Waals surface area contributed by atoms with Gasteiger partial charge in [-0.3, -0.25) is 4.99 Å². The average Bonchev–Trinajstić information content (AvgIpc) is 3.09. The van der Waals surface area contributed by atoms with E-state index >= 15 is 0 Å². The second-order valence-electron chi connectivity index (χ2n) is 5.75. The molecule has 0 spiro atoms. The van der Waals surface area contributed by atoms with Gasteiger partial charge in [0.15, 0.2) is 17.5 Å². The number of nitrogens with one attached hydrogen (secondary N) is 1. The van der Waals surface area contributed by atoms with Crippen LogP contribution in [0.4, 0.5) is 5.69 Å². The minimum atomic E-state index is 0. The van der Waals surface area contributed by atoms with E-state index in [0.717, 1.165) is 30.9 Å². The van der Waals surface area contributed by atoms with Crippen LogP contribution in [0.3, 0.4) is 0 Å². The number of fused-ring (bicyclic) bond motifs is 1. The Morgan fingerprint density at radius 1 is 1.15 bits per heavy atom. The van der Waals surface area contributed by atoms with Crippen LogP contribution in [0, 0.1) is 0 Å². The average molecular weight is 469 g/mol. The molecular formula is C19H24IN3O3. The van der Waals surface area contributed by atoms with Crippen LogP contribution >= 0.6 is 24.0 Å². The maximum atomic E-state index is 5.97. The molecule has 7 heteroatoms. The summed E-state index contributed by atoms with van der Waals surface area (Å²) < 4.78 is 16.0. The van der Waals surface area contributed by atoms with E-state index in [2.05, 4.69) is 22.4 Å². The van der Waals surface area contributed by atoms with Gasteiger partial charge in [0.1, 0.15) is 5.75 Å². The summed E-state index contributed by atoms with van der Waals surface area (Å²) in [5.74, 6) is 2.68. The Labute approximate surface area is 170 Å². The fourth-order valence-corrected chi connectivity index (χ4v) is 2.80. The second-order valence-corrected chi connectivity index (χ2v) is 5.75. The number of nitrogens with two attached hydrogens (primary N) is 1. The lowest BCUT2D eigenvalue weighted by atomic mass is 10.1. The number of nitrogens with zero attached hydrogens (tertiary/aromatic N) is 1. The second kappa shape index (κ2) is 9.51. The molecule has 1 heterocycles. The van der Waals surface area contributed by atoms with Gasteiger partial charge in [0.2, 0.25) is 0 Å². The number of guanidine groups is 1. The first kappa shape index (κ1) is 20.2. The van der Waals surface area contributed by atoms with Gasteiger partial charge in [-0.25, -0.2) is 0 Å². The number of rotatable bonds is 6. The summed E-state index contributed by atoms with van der Waals surface area (Å²) in [4.78, 5) is 4.39. The number of methoxy groups -OCH3 is 2. The van der Waals surface area contributed by atoms with Crippen molar-refractivity contribution >= 4 is 35.6 Å². The van der Waals surface area contributed by atoms with Crippen molar-refractivity contribution in [1.29, 1.82) is 0 Å². The Kier molecular flexibility index (Phi) is 7.38. The fourth-order valence-electron chi connectivity index (χ4n) is 2.80. The van der Waals surface area contributed by atoms with Crippen molar-refractivity contribution in [3.8, 4) is 17.2 Å². The first-order valence-electron chi connectivity index (χ1n) is 8.23. The third-order valence-electron chi connectivity index (χ3n) is 4.09. The molecule has 1 aliphatic rings. The molecule has 0 atom stereocenters. The summed E-state index contributed by atoms with van der Waals surface area (Å²) in [6, 6.07) is 11.8. The molecule has 0 bridgehead atoms. The Balaban J connectivity index is 0.00000243. The Morgan fingerprint density at radius 3 is 2.73 bits per heavy atom. The lowest BCUT2D eigenvalue weighted by Crippen LogP contribution is -2.23. The van der Waals surface area contributed by atoms with Gasteiger partial charge in [-0.05, 0) is 35.7 Å². The normalized spacial score (nSPS) is 12.6. The molecule has 0 fully saturated rings. The van der Waals surface area contributed by atoms with E-state index in [4.69, 9.17) is 19.9 Å². The predicted octanol–water partition coefficient (Wildman–Crippen LogP) is 3.23. The summed E-state index contributed by atoms with van der Waals surface area (Å²) in [6.45, 7) is 1.39. The van der Waals surface area contributed by atoms with Gasteiger partial charge in [-0.15, -0.1) is 24.0 Å². The fraction of sp³-hybridized carbons (Fsp3) is 0.316. The lowest BCUT2D eigenvalue weighted by molar-refractivity contribution is 0.355. The molecule has 2 aromatic carbocycles. The molecule has 0 aliphatic carbocycles. The molecule has 2 aromatic rings. The monoisotopic (exact) mass is 469 g/mol. The van der Waals surface area contributed by atoms with Crippen LogP contribution < -0.4 is 25.3 Å². The first-order valence-corrected chi connectivity index (χ1v) is 8.23. The number of halogens is 1. The zero-order chi connectivity index (χ0) is 17.6. The zero-order valence-corrected chi connectivity index (χ0v) is 17.3. The molecule has 0 saturated carbocycles. The smallest absolute Gasteiger partial charge is 0.193 e. The molecule has 0 amide bonds. The van der Waals surface area contributed by atoms with Crippen LogP contribution in [0.25, 0.3) is 0 Å². The molecule has 140 valence electrons. The van der Waals surface area contributed by atoms with Crippen LogP contribution in [0.5, 0.6) is 17.2 Å². The highest BCUT2D eigenvalue weighted by Gasteiger charge is 2.11. The van der Waals surface area contributed by atoms with Gasteiger partial charge in [0, 0.05) is 24.7 Å². The van der Waals surface area contributed by atoms with Gasteiger partial charge in [0.25, 0.3) is 0 Å². The quantitative estimate of drug-likeness (QED) is 0.386. The lowest BCUT2D eigenvalue weighted by Gasteiger charge is -2.11. The third kappa shape index (κ3) is 4.94. The van der Waals surface area contributed by atoms with Crippen LogP contribution in [0.1, 0.15) is 11.1 Å². The maximum Gasteiger partial charge on any atom is 0.193 e. The summed E-state index contributed by atoms with van der Waals surface area (Å²) in [5.41, 5.74) is 9.29. The van der Waals surface area contributed by atoms with Gasteiger partial charge < -0.3 is 25.3 Å². The first-order chi connectivity index (χ1) is 12.2. The molecule has 26 heavy (non-hydrogen) atoms. The van der Waals surface area contributed by atoms with Crippen molar-refractivity contribution in [1.82, 2.24) is 0 Å². The van der Waals surface area contributed by atoms with Gasteiger partial charge in [0.05, 0.1) is 20.8 Å². The minimum Gasteiger partial charge on any atom is -0.493 e. The molecule has 0 radical (unpaired) electrons. The van der Waals surface area contributed by atoms with E-state index in [0.29, 0.717) is 24.0 Å². The van der Waals surface area contributed by atoms with E-state index in [9.17, 15) is 0 Å². The maximum absolute atomic E-state index is 5.97. The molecule has 0 aromatic heterocycles. The van der Waals surface area contributed by atoms with Crippen molar-refractivity contribution in [2.75, 3.05) is 32.7 Å². The summed E-state index contributed by atoms with van der Waals surface area (Å²) in [6.07, 6.45) is 1.82. The van der Waals surface area contributed by atoms with Gasteiger partial charge >= 0.3 is 0 Å². The molecule has 0 unspecified atom stereocenters. The van der Waals surface area contributed by atoms with Crippen molar-refractivity contribution in [2.45, 2.75) is 12.8 Å². The Morgan fingerprint density at radius 2 is 1.96 bits per heavy atom. The predicted molar refractivity (Wildman–Crippen MR) is 114 cm³/mol. The molecule has 6 nitrogen and oxygen atoms in total. The van der Waals surface area contributed by atoms with E-state index in [1.807, 2.05) is 24.3 Å². The molecule has 3 N–H and O–H groups in total. The Hall–Kier alpha value is -2.16. The molecule has 0 saturated heterocycles. The van der Waals surface area contributed by atoms with Gasteiger partial charge in [-0.2, -0.15) is 0 Å². The van der Waals surface area contributed by atoms with E-state index in [1.165, 1.54) is 11.1 Å². The van der Waals surface area contributed by atoms with Crippen LogP contribution in [-0.2, 0) is 12.8 Å². The van der Waals surface area contributed by atoms with E-state index < -0.39 is 0 Å². The topological polar surface area (TPSA) is 78.1 Å². The minimum absolute atomic E-state index is 0. The number of hydrogen-bond donors (Lipinski definition) is 2. The summed E-state index contributed by atoms with van der Waals surface area (Å²) in [5, 5.41) is 3.07. The van der Waals surface area contributed by atoms with Crippen LogP contribution in [0.2, 0.25) is 0 Å². The summed E-state index contributed by atoms with van der Waals surface area (Å²) in [7, 11) is 3.20. The number of hydrogen-bond acceptors (Lipinski definition) is 4. The van der Waals surface area contributed by atoms with Crippen LogP contribution in [-0.4, -0.2) is 33.3 Å². The SMILES string of the molecule is COc1ccc(NC(N)=NCCc2ccc3c(c2)CCO3)cc1OC.I. The van der Waals surface area contributed by atoms with Crippen molar-refractivity contribution < 1.29 is 14.2 Å². The molecular weight excluding hydrogens is 445 g/mol. The number of aliphatic imine (C=N–C) groups is 1. The highest BCUT2D eigenvalue weighted by Crippen LogP contribution is 2.29. The van der Waals surface area contributed by atoms with Crippen molar-refractivity contribution in [3.05, 3.63) is 47.5 Å². The Bertz CT molecular complexity index is 781. The standard InChI is InChI=1S/C19H23N3O3.HI/c1-23-17-6-4-15(12-18(17)24-2)22-19(20)21-9-7-13-3-5-16-14(11-13)8-10-25-16;/h3-6,11-12H,7-10H2,1-2H3,(H3,20,21,22);1H.